The molecule has 8 heteroatoms. The number of hydrogen-bond acceptors (Lipinski definition) is 8. The molecule has 0 saturated carbocycles. The van der Waals surface area contributed by atoms with Crippen molar-refractivity contribution in [1.82, 2.24) is 25.4 Å². The molecule has 8 nitrogen and oxygen atoms in total. The quantitative estimate of drug-likeness (QED) is 0.579. The second-order valence-corrected chi connectivity index (χ2v) is 12.0. The molecule has 4 N–H and O–H groups in total. The van der Waals surface area contributed by atoms with Gasteiger partial charge in [-0.25, -0.2) is 15.0 Å². The van der Waals surface area contributed by atoms with Gasteiger partial charge in [-0.15, -0.1) is 0 Å². The number of nitrogens with one attached hydrogen (secondary N) is 2. The van der Waals surface area contributed by atoms with Crippen LogP contribution in [0.25, 0.3) is 0 Å². The highest BCUT2D eigenvalue weighted by molar-refractivity contribution is 6.00. The van der Waals surface area contributed by atoms with Crippen LogP contribution in [0.3, 0.4) is 0 Å². The van der Waals surface area contributed by atoms with E-state index in [-0.39, 0.29) is 22.8 Å². The fourth-order valence-electron chi connectivity index (χ4n) is 5.93. The van der Waals surface area contributed by atoms with E-state index in [2.05, 4.69) is 89.9 Å². The minimum atomic E-state index is -0.0982. The number of hydrogen-bond donors (Lipinski definition) is 3. The largest absolute Gasteiger partial charge is 0.343 e. The van der Waals surface area contributed by atoms with E-state index in [1.165, 1.54) is 0 Å². The van der Waals surface area contributed by atoms with Crippen LogP contribution in [0.15, 0.2) is 9.98 Å². The predicted molar refractivity (Wildman–Crippen MR) is 130 cm³/mol. The molecule has 3 atom stereocenters. The molecule has 3 heterocycles. The van der Waals surface area contributed by atoms with Gasteiger partial charge in [-0.1, -0.05) is 0 Å². The summed E-state index contributed by atoms with van der Waals surface area (Å²) >= 11 is 0. The zero-order chi connectivity index (χ0) is 23.4. The van der Waals surface area contributed by atoms with Crippen molar-refractivity contribution in [1.29, 1.82) is 0 Å². The van der Waals surface area contributed by atoms with Crippen LogP contribution in [0.1, 0.15) is 81.1 Å². The monoisotopic (exact) mass is 434 g/mol. The Morgan fingerprint density at radius 3 is 1.84 bits per heavy atom. The average molecular weight is 435 g/mol. The van der Waals surface area contributed by atoms with Gasteiger partial charge in [0.2, 0.25) is 11.9 Å². The number of hydrazine groups is 1. The van der Waals surface area contributed by atoms with E-state index in [1.54, 1.807) is 0 Å². The minimum Gasteiger partial charge on any atom is -0.343 e. The Labute approximate surface area is 189 Å². The lowest BCUT2D eigenvalue weighted by atomic mass is 9.78. The molecule has 3 unspecified atom stereocenters. The van der Waals surface area contributed by atoms with Crippen molar-refractivity contribution >= 4 is 11.9 Å². The fourth-order valence-corrected chi connectivity index (χ4v) is 5.93. The van der Waals surface area contributed by atoms with E-state index < -0.39 is 0 Å². The summed E-state index contributed by atoms with van der Waals surface area (Å²) in [5.41, 5.74) is -0.0311. The second-order valence-electron chi connectivity index (χ2n) is 12.0. The van der Waals surface area contributed by atoms with Crippen molar-refractivity contribution < 1.29 is 0 Å². The molecule has 0 aromatic carbocycles. The smallest absolute Gasteiger partial charge is 0.202 e. The molecule has 31 heavy (non-hydrogen) atoms. The maximum atomic E-state index is 6.47. The Hall–Kier alpha value is -1.38. The third-order valence-electron chi connectivity index (χ3n) is 7.39. The Kier molecular flexibility index (Phi) is 6.41. The Balaban J connectivity index is 1.74. The molecule has 0 bridgehead atoms. The molecule has 2 fully saturated rings. The van der Waals surface area contributed by atoms with Gasteiger partial charge in [0, 0.05) is 48.8 Å². The summed E-state index contributed by atoms with van der Waals surface area (Å²) in [6.45, 7) is 17.8. The SMILES string of the molecule is CC1N=C(N(C)C2CC(C)NC(C)(C)C2)NC(N(C)C2CC(C)(C)N(N)C(C)(C)C2)=N1. The van der Waals surface area contributed by atoms with Crippen LogP contribution < -0.4 is 16.5 Å². The van der Waals surface area contributed by atoms with Crippen LogP contribution in [0, 0.1) is 0 Å². The first-order valence-electron chi connectivity index (χ1n) is 11.8. The first-order valence-corrected chi connectivity index (χ1v) is 11.8. The molecule has 0 aliphatic carbocycles. The number of nitrogens with two attached hydrogens (primary N) is 1. The molecule has 3 aliphatic rings. The van der Waals surface area contributed by atoms with Crippen LogP contribution in [-0.2, 0) is 0 Å². The topological polar surface area (TPSA) is 84.5 Å². The van der Waals surface area contributed by atoms with E-state index in [1.807, 2.05) is 5.01 Å². The second kappa shape index (κ2) is 8.19. The van der Waals surface area contributed by atoms with Crippen molar-refractivity contribution in [3.8, 4) is 0 Å². The van der Waals surface area contributed by atoms with Crippen molar-refractivity contribution in [2.45, 2.75) is 122 Å². The molecular weight excluding hydrogens is 388 g/mol. The van der Waals surface area contributed by atoms with E-state index in [0.717, 1.165) is 37.6 Å². The lowest BCUT2D eigenvalue weighted by Crippen LogP contribution is -2.68. The van der Waals surface area contributed by atoms with E-state index in [9.17, 15) is 0 Å². The van der Waals surface area contributed by atoms with Crippen LogP contribution in [0.4, 0.5) is 0 Å². The van der Waals surface area contributed by atoms with Crippen molar-refractivity contribution in [2.75, 3.05) is 14.1 Å². The summed E-state index contributed by atoms with van der Waals surface area (Å²) in [7, 11) is 4.32. The molecule has 3 rings (SSSR count). The first-order chi connectivity index (χ1) is 14.1. The third-order valence-corrected chi connectivity index (χ3v) is 7.39. The summed E-state index contributed by atoms with van der Waals surface area (Å²) in [6.07, 6.45) is 4.07. The number of rotatable bonds is 2. The fraction of sp³-hybridized carbons (Fsp3) is 0.913. The maximum absolute atomic E-state index is 6.47. The lowest BCUT2D eigenvalue weighted by Gasteiger charge is -2.54. The van der Waals surface area contributed by atoms with Gasteiger partial charge in [0.15, 0.2) is 0 Å². The normalized spacial score (nSPS) is 33.2. The molecule has 0 aromatic heterocycles. The van der Waals surface area contributed by atoms with E-state index in [0.29, 0.717) is 18.1 Å². The highest BCUT2D eigenvalue weighted by Gasteiger charge is 2.46. The van der Waals surface area contributed by atoms with Crippen LogP contribution in [0.2, 0.25) is 0 Å². The summed E-state index contributed by atoms with van der Waals surface area (Å²) in [5, 5.41) is 9.31. The average Bonchev–Trinajstić information content (AvgIpc) is 2.62. The standard InChI is InChI=1S/C23H46N8/c1-15-11-17(12-21(3,4)28-15)29(9)19-25-16(2)26-20(27-19)30(10)18-13-22(5,6)31(24)23(7,8)14-18/h15-18,28H,11-14,24H2,1-10H3,(H,25,26,27). The predicted octanol–water partition coefficient (Wildman–Crippen LogP) is 2.33. The molecule has 0 amide bonds. The number of guanidine groups is 2. The van der Waals surface area contributed by atoms with Gasteiger partial charge in [0.1, 0.15) is 6.17 Å². The molecule has 0 aromatic rings. The van der Waals surface area contributed by atoms with Crippen molar-refractivity contribution in [2.24, 2.45) is 15.8 Å². The Morgan fingerprint density at radius 2 is 1.35 bits per heavy atom. The van der Waals surface area contributed by atoms with Crippen molar-refractivity contribution in [3.05, 3.63) is 0 Å². The van der Waals surface area contributed by atoms with Crippen molar-refractivity contribution in [3.63, 3.8) is 0 Å². The number of piperidine rings is 2. The van der Waals surface area contributed by atoms with Gasteiger partial charge < -0.3 is 15.1 Å². The number of nitrogens with zero attached hydrogens (tertiary/aromatic N) is 5. The highest BCUT2D eigenvalue weighted by Crippen LogP contribution is 2.37. The van der Waals surface area contributed by atoms with Crippen LogP contribution in [0.5, 0.6) is 0 Å². The lowest BCUT2D eigenvalue weighted by molar-refractivity contribution is -0.0538. The van der Waals surface area contributed by atoms with Crippen LogP contribution in [-0.4, -0.2) is 81.7 Å². The summed E-state index contributed by atoms with van der Waals surface area (Å²) in [5.74, 6) is 8.30. The van der Waals surface area contributed by atoms with Gasteiger partial charge in [-0.2, -0.15) is 0 Å². The summed E-state index contributed by atoms with van der Waals surface area (Å²) in [6, 6.07) is 1.28. The minimum absolute atomic E-state index is 0.0773. The molecule has 3 aliphatic heterocycles. The first kappa shape index (κ1) is 24.3. The van der Waals surface area contributed by atoms with Gasteiger partial charge in [-0.3, -0.25) is 11.2 Å². The summed E-state index contributed by atoms with van der Waals surface area (Å²) < 4.78 is 0. The molecular formula is C23H46N8. The van der Waals surface area contributed by atoms with Crippen LogP contribution >= 0.6 is 0 Å². The van der Waals surface area contributed by atoms with Gasteiger partial charge in [-0.05, 0) is 81.1 Å². The third kappa shape index (κ3) is 5.17. The highest BCUT2D eigenvalue weighted by atomic mass is 15.5. The summed E-state index contributed by atoms with van der Waals surface area (Å²) in [4.78, 5) is 14.3. The van der Waals surface area contributed by atoms with E-state index >= 15 is 0 Å². The Morgan fingerprint density at radius 1 is 0.871 bits per heavy atom. The van der Waals surface area contributed by atoms with Gasteiger partial charge in [0.25, 0.3) is 0 Å². The van der Waals surface area contributed by atoms with E-state index in [4.69, 9.17) is 15.8 Å². The Bertz CT molecular complexity index is 707. The zero-order valence-corrected chi connectivity index (χ0v) is 21.5. The van der Waals surface area contributed by atoms with Gasteiger partial charge in [0.05, 0.1) is 0 Å². The van der Waals surface area contributed by atoms with Gasteiger partial charge >= 0.3 is 0 Å². The molecule has 0 spiro atoms. The zero-order valence-electron chi connectivity index (χ0n) is 21.5. The maximum Gasteiger partial charge on any atom is 0.202 e. The molecule has 178 valence electrons. The molecule has 2 saturated heterocycles. The number of aliphatic imine (C=N–C) groups is 2. The molecule has 0 radical (unpaired) electrons.